The molecular formula is C27H49N7O8. The number of carbonyl (C=O) groups excluding carboxylic acids is 6. The minimum atomic E-state index is -1.27. The van der Waals surface area contributed by atoms with Crippen molar-refractivity contribution in [1.29, 1.82) is 0 Å². The zero-order valence-corrected chi connectivity index (χ0v) is 25.5. The van der Waals surface area contributed by atoms with E-state index in [1.165, 1.54) is 13.8 Å². The Morgan fingerprint density at radius 2 is 1.14 bits per heavy atom. The Morgan fingerprint density at radius 1 is 0.667 bits per heavy atom. The van der Waals surface area contributed by atoms with E-state index in [-0.39, 0.29) is 43.4 Å². The molecular weight excluding hydrogens is 550 g/mol. The van der Waals surface area contributed by atoms with Crippen LogP contribution in [-0.4, -0.2) is 89.7 Å². The van der Waals surface area contributed by atoms with Crippen molar-refractivity contribution in [2.75, 3.05) is 13.1 Å². The van der Waals surface area contributed by atoms with Gasteiger partial charge in [-0.3, -0.25) is 33.6 Å². The number of aliphatic carboxylic acids is 1. The monoisotopic (exact) mass is 599 g/mol. The molecule has 0 rings (SSSR count). The smallest absolute Gasteiger partial charge is 0.303 e. The molecule has 0 unspecified atom stereocenters. The molecule has 15 nitrogen and oxygen atoms in total. The predicted octanol–water partition coefficient (Wildman–Crippen LogP) is -1.72. The SMILES string of the molecule is CC(=O)[C@H](CC(C)C)NC(=O)[C@H](CCC(=O)O)NC(=O)CNC(=O)[C@H](CC(C)C)NC(=O)[C@H](CCN)NC(=O)[C@H](C)N. The molecule has 5 amide bonds. The Labute approximate surface area is 247 Å². The number of nitrogens with two attached hydrogens (primary N) is 2. The van der Waals surface area contributed by atoms with Gasteiger partial charge in [-0.25, -0.2) is 0 Å². The number of Topliss-reactive ketones (excluding diaryl/α,β-unsaturated/α-hetero) is 1. The van der Waals surface area contributed by atoms with Gasteiger partial charge >= 0.3 is 5.97 Å². The maximum absolute atomic E-state index is 13.0. The first-order valence-corrected chi connectivity index (χ1v) is 14.1. The number of carboxylic acids is 1. The Kier molecular flexibility index (Phi) is 17.8. The highest BCUT2D eigenvalue weighted by molar-refractivity contribution is 5.95. The summed E-state index contributed by atoms with van der Waals surface area (Å²) in [5, 5.41) is 21.5. The maximum Gasteiger partial charge on any atom is 0.303 e. The molecule has 15 heteroatoms. The van der Waals surface area contributed by atoms with Crippen LogP contribution in [0.3, 0.4) is 0 Å². The number of amides is 5. The summed E-state index contributed by atoms with van der Waals surface area (Å²) in [6, 6.07) is -5.02. The van der Waals surface area contributed by atoms with Gasteiger partial charge in [0.1, 0.15) is 18.1 Å². The first-order valence-electron chi connectivity index (χ1n) is 14.1. The van der Waals surface area contributed by atoms with E-state index in [9.17, 15) is 33.6 Å². The average Bonchev–Trinajstić information content (AvgIpc) is 2.87. The second-order valence-electron chi connectivity index (χ2n) is 11.2. The Morgan fingerprint density at radius 3 is 1.60 bits per heavy atom. The van der Waals surface area contributed by atoms with Gasteiger partial charge in [0.05, 0.1) is 18.6 Å². The molecule has 10 N–H and O–H groups in total. The number of carboxylic acid groups (broad SMARTS) is 1. The zero-order valence-electron chi connectivity index (χ0n) is 25.5. The summed E-state index contributed by atoms with van der Waals surface area (Å²) >= 11 is 0. The van der Waals surface area contributed by atoms with Crippen molar-refractivity contribution >= 4 is 41.3 Å². The van der Waals surface area contributed by atoms with Crippen molar-refractivity contribution in [3.05, 3.63) is 0 Å². The molecule has 0 aromatic rings. The fourth-order valence-corrected chi connectivity index (χ4v) is 3.86. The summed E-state index contributed by atoms with van der Waals surface area (Å²) in [7, 11) is 0. The van der Waals surface area contributed by atoms with E-state index >= 15 is 0 Å². The third-order valence-corrected chi connectivity index (χ3v) is 6.08. The van der Waals surface area contributed by atoms with Crippen LogP contribution in [-0.2, 0) is 33.6 Å². The molecule has 0 radical (unpaired) electrons. The first kappa shape index (κ1) is 38.4. The van der Waals surface area contributed by atoms with Crippen LogP contribution in [0.15, 0.2) is 0 Å². The van der Waals surface area contributed by atoms with Crippen molar-refractivity contribution < 1.29 is 38.7 Å². The van der Waals surface area contributed by atoms with E-state index in [1.54, 1.807) is 0 Å². The largest absolute Gasteiger partial charge is 0.481 e. The molecule has 0 spiro atoms. The minimum Gasteiger partial charge on any atom is -0.481 e. The normalized spacial score (nSPS) is 14.6. The van der Waals surface area contributed by atoms with Crippen LogP contribution in [0.2, 0.25) is 0 Å². The van der Waals surface area contributed by atoms with Crippen molar-refractivity contribution in [3.63, 3.8) is 0 Å². The third kappa shape index (κ3) is 16.0. The molecule has 0 fully saturated rings. The van der Waals surface area contributed by atoms with Crippen molar-refractivity contribution in [3.8, 4) is 0 Å². The molecule has 0 aliphatic carbocycles. The highest BCUT2D eigenvalue weighted by atomic mass is 16.4. The molecule has 42 heavy (non-hydrogen) atoms. The lowest BCUT2D eigenvalue weighted by Crippen LogP contribution is -2.57. The van der Waals surface area contributed by atoms with Gasteiger partial charge < -0.3 is 43.2 Å². The molecule has 240 valence electrons. The number of hydrogen-bond donors (Lipinski definition) is 8. The highest BCUT2D eigenvalue weighted by Crippen LogP contribution is 2.08. The lowest BCUT2D eigenvalue weighted by molar-refractivity contribution is -0.138. The van der Waals surface area contributed by atoms with Gasteiger partial charge in [0.15, 0.2) is 5.78 Å². The van der Waals surface area contributed by atoms with Crippen LogP contribution in [0, 0.1) is 11.8 Å². The van der Waals surface area contributed by atoms with Crippen molar-refractivity contribution in [1.82, 2.24) is 26.6 Å². The molecule has 0 saturated carbocycles. The second-order valence-corrected chi connectivity index (χ2v) is 11.2. The van der Waals surface area contributed by atoms with E-state index < -0.39 is 78.7 Å². The van der Waals surface area contributed by atoms with Gasteiger partial charge in [0, 0.05) is 6.42 Å². The predicted molar refractivity (Wildman–Crippen MR) is 155 cm³/mol. The average molecular weight is 600 g/mol. The Bertz CT molecular complexity index is 955. The van der Waals surface area contributed by atoms with Gasteiger partial charge in [-0.2, -0.15) is 0 Å². The zero-order chi connectivity index (χ0) is 32.6. The Hall–Kier alpha value is -3.59. The summed E-state index contributed by atoms with van der Waals surface area (Å²) in [5.74, 6) is -4.81. The number of ketones is 1. The van der Waals surface area contributed by atoms with E-state index in [0.29, 0.717) is 6.42 Å². The van der Waals surface area contributed by atoms with Crippen LogP contribution in [0.25, 0.3) is 0 Å². The van der Waals surface area contributed by atoms with Crippen molar-refractivity contribution in [2.45, 2.75) is 104 Å². The van der Waals surface area contributed by atoms with Crippen molar-refractivity contribution in [2.24, 2.45) is 23.3 Å². The minimum absolute atomic E-state index is 0.0364. The van der Waals surface area contributed by atoms with Gasteiger partial charge in [-0.1, -0.05) is 27.7 Å². The summed E-state index contributed by atoms with van der Waals surface area (Å²) in [6.07, 6.45) is 0.00700. The molecule has 0 aromatic heterocycles. The summed E-state index contributed by atoms with van der Waals surface area (Å²) < 4.78 is 0. The first-order chi connectivity index (χ1) is 19.5. The van der Waals surface area contributed by atoms with Crippen LogP contribution in [0.4, 0.5) is 0 Å². The quantitative estimate of drug-likeness (QED) is 0.0786. The topological polar surface area (TPSA) is 252 Å². The number of hydrogen-bond acceptors (Lipinski definition) is 9. The van der Waals surface area contributed by atoms with E-state index in [2.05, 4.69) is 26.6 Å². The molecule has 0 aliphatic rings. The molecule has 5 atom stereocenters. The molecule has 0 bridgehead atoms. The number of carbonyl (C=O) groups is 7. The molecule has 0 heterocycles. The number of rotatable bonds is 20. The van der Waals surface area contributed by atoms with E-state index in [0.717, 1.165) is 0 Å². The summed E-state index contributed by atoms with van der Waals surface area (Å²) in [5.41, 5.74) is 11.1. The molecule has 0 aromatic carbocycles. The van der Waals surface area contributed by atoms with Crippen LogP contribution in [0.1, 0.15) is 73.6 Å². The second kappa shape index (κ2) is 19.5. The van der Waals surface area contributed by atoms with Gasteiger partial charge in [0.2, 0.25) is 29.5 Å². The van der Waals surface area contributed by atoms with Crippen LogP contribution < -0.4 is 38.1 Å². The summed E-state index contributed by atoms with van der Waals surface area (Å²) in [6.45, 7) is 9.69. The lowest BCUT2D eigenvalue weighted by atomic mass is 10.00. The van der Waals surface area contributed by atoms with E-state index in [1.807, 2.05) is 27.7 Å². The molecule has 0 saturated heterocycles. The highest BCUT2D eigenvalue weighted by Gasteiger charge is 2.29. The standard InChI is InChI=1S/C27H49N7O8/c1-14(2)11-20(17(6)35)33-26(41)18(7-8-23(37)38)31-22(36)13-30-25(40)21(12-15(3)4)34-27(42)19(9-10-28)32-24(39)16(5)29/h14-16,18-21H,7-13,28-29H2,1-6H3,(H,30,40)(H,31,36)(H,32,39)(H,33,41)(H,34,42)(H,37,38)/t16-,18-,19-,20-,21-/m0/s1. The maximum atomic E-state index is 13.0. The lowest BCUT2D eigenvalue weighted by Gasteiger charge is -2.25. The number of nitrogens with one attached hydrogen (secondary N) is 5. The fourth-order valence-electron chi connectivity index (χ4n) is 3.86. The summed E-state index contributed by atoms with van der Waals surface area (Å²) in [4.78, 5) is 86.5. The Balaban J connectivity index is 5.47. The fraction of sp³-hybridized carbons (Fsp3) is 0.741. The molecule has 0 aliphatic heterocycles. The van der Waals surface area contributed by atoms with Crippen LogP contribution in [0.5, 0.6) is 0 Å². The van der Waals surface area contributed by atoms with Gasteiger partial charge in [-0.05, 0) is 57.9 Å². The van der Waals surface area contributed by atoms with Gasteiger partial charge in [0.25, 0.3) is 0 Å². The van der Waals surface area contributed by atoms with Gasteiger partial charge in [-0.15, -0.1) is 0 Å². The van der Waals surface area contributed by atoms with Crippen LogP contribution >= 0.6 is 0 Å². The third-order valence-electron chi connectivity index (χ3n) is 6.08. The van der Waals surface area contributed by atoms with E-state index in [4.69, 9.17) is 16.6 Å².